The van der Waals surface area contributed by atoms with E-state index in [-0.39, 0.29) is 6.10 Å². The highest BCUT2D eigenvalue weighted by molar-refractivity contribution is 5.23. The van der Waals surface area contributed by atoms with Crippen molar-refractivity contribution in [2.75, 3.05) is 6.61 Å². The first kappa shape index (κ1) is 14.6. The molecule has 0 radical (unpaired) electrons. The highest BCUT2D eigenvalue weighted by Gasteiger charge is 2.37. The van der Waals surface area contributed by atoms with E-state index >= 15 is 0 Å². The molecule has 2 fully saturated rings. The Kier molecular flexibility index (Phi) is 3.66. The molecule has 24 heavy (non-hydrogen) atoms. The Labute approximate surface area is 143 Å². The van der Waals surface area contributed by atoms with E-state index in [1.165, 1.54) is 42.9 Å². The first-order valence-corrected chi connectivity index (χ1v) is 9.47. The van der Waals surface area contributed by atoms with Gasteiger partial charge in [0.25, 0.3) is 0 Å². The van der Waals surface area contributed by atoms with Crippen LogP contribution in [-0.2, 0) is 17.7 Å². The Morgan fingerprint density at radius 1 is 1.00 bits per heavy atom. The zero-order chi connectivity index (χ0) is 15.9. The van der Waals surface area contributed by atoms with E-state index in [2.05, 4.69) is 45.1 Å². The molecule has 1 aromatic carbocycles. The van der Waals surface area contributed by atoms with Crippen LogP contribution in [0.5, 0.6) is 0 Å². The highest BCUT2D eigenvalue weighted by Crippen LogP contribution is 2.43. The molecule has 0 N–H and O–H groups in total. The van der Waals surface area contributed by atoms with E-state index < -0.39 is 0 Å². The van der Waals surface area contributed by atoms with Crippen molar-refractivity contribution in [1.29, 1.82) is 0 Å². The van der Waals surface area contributed by atoms with Gasteiger partial charge >= 0.3 is 0 Å². The van der Waals surface area contributed by atoms with Gasteiger partial charge in [0.2, 0.25) is 0 Å². The van der Waals surface area contributed by atoms with Gasteiger partial charge in [0.15, 0.2) is 0 Å². The molecule has 1 aromatic heterocycles. The zero-order valence-corrected chi connectivity index (χ0v) is 14.1. The molecule has 3 aliphatic rings. The lowest BCUT2D eigenvalue weighted by molar-refractivity contribution is 0.102. The van der Waals surface area contributed by atoms with Crippen molar-refractivity contribution in [1.82, 2.24) is 14.8 Å². The van der Waals surface area contributed by atoms with Crippen molar-refractivity contribution < 1.29 is 4.74 Å². The SMILES string of the molecule is c1ccc([C@H]2OCC[C@@H]2c2nnc3n2CC2CCCC(C3)C2)cc1. The summed E-state index contributed by atoms with van der Waals surface area (Å²) in [6.07, 6.45) is 7.81. The lowest BCUT2D eigenvalue weighted by atomic mass is 9.81. The Hall–Kier alpha value is -1.68. The van der Waals surface area contributed by atoms with Gasteiger partial charge in [0, 0.05) is 19.6 Å². The van der Waals surface area contributed by atoms with Gasteiger partial charge in [-0.05, 0) is 43.1 Å². The lowest BCUT2D eigenvalue weighted by Gasteiger charge is -2.26. The summed E-state index contributed by atoms with van der Waals surface area (Å²) >= 11 is 0. The van der Waals surface area contributed by atoms with Gasteiger partial charge in [0.05, 0.1) is 12.0 Å². The third kappa shape index (κ3) is 2.48. The summed E-state index contributed by atoms with van der Waals surface area (Å²) in [7, 11) is 0. The third-order valence-corrected chi connectivity index (χ3v) is 6.21. The number of hydrogen-bond donors (Lipinski definition) is 0. The second kappa shape index (κ2) is 5.99. The molecule has 0 amide bonds. The van der Waals surface area contributed by atoms with Crippen LogP contribution in [0, 0.1) is 11.8 Å². The molecule has 1 saturated carbocycles. The van der Waals surface area contributed by atoms with Gasteiger partial charge < -0.3 is 9.30 Å². The fourth-order valence-electron chi connectivity index (χ4n) is 5.07. The zero-order valence-electron chi connectivity index (χ0n) is 14.1. The van der Waals surface area contributed by atoms with Crippen molar-refractivity contribution in [3.63, 3.8) is 0 Å². The topological polar surface area (TPSA) is 39.9 Å². The third-order valence-electron chi connectivity index (χ3n) is 6.21. The molecule has 2 unspecified atom stereocenters. The molecule has 0 spiro atoms. The summed E-state index contributed by atoms with van der Waals surface area (Å²) in [5, 5.41) is 9.26. The predicted molar refractivity (Wildman–Crippen MR) is 91.7 cm³/mol. The van der Waals surface area contributed by atoms with Crippen LogP contribution >= 0.6 is 0 Å². The predicted octanol–water partition coefficient (Wildman–Crippen LogP) is 3.89. The maximum absolute atomic E-state index is 6.10. The minimum atomic E-state index is 0.127. The van der Waals surface area contributed by atoms with Gasteiger partial charge in [-0.1, -0.05) is 36.8 Å². The second-order valence-electron chi connectivity index (χ2n) is 7.79. The monoisotopic (exact) mass is 323 g/mol. The van der Waals surface area contributed by atoms with Crippen LogP contribution < -0.4 is 0 Å². The molecule has 4 atom stereocenters. The van der Waals surface area contributed by atoms with Crippen LogP contribution in [0.2, 0.25) is 0 Å². The molecule has 2 aromatic rings. The maximum Gasteiger partial charge on any atom is 0.139 e. The number of fused-ring (bicyclic) bond motifs is 3. The summed E-state index contributed by atoms with van der Waals surface area (Å²) in [5.41, 5.74) is 1.27. The maximum atomic E-state index is 6.10. The summed E-state index contributed by atoms with van der Waals surface area (Å²) in [6, 6.07) is 10.6. The molecule has 4 nitrogen and oxygen atoms in total. The van der Waals surface area contributed by atoms with E-state index in [4.69, 9.17) is 4.74 Å². The average molecular weight is 323 g/mol. The van der Waals surface area contributed by atoms with Crippen molar-refractivity contribution in [3.05, 3.63) is 47.5 Å². The first-order chi connectivity index (χ1) is 11.9. The molecule has 2 bridgehead atoms. The van der Waals surface area contributed by atoms with Crippen LogP contribution in [0.15, 0.2) is 30.3 Å². The molecule has 126 valence electrons. The average Bonchev–Trinajstić information content (AvgIpc) is 3.21. The van der Waals surface area contributed by atoms with Crippen LogP contribution in [-0.4, -0.2) is 21.4 Å². The summed E-state index contributed by atoms with van der Waals surface area (Å²) in [4.78, 5) is 0. The number of aromatic nitrogens is 3. The van der Waals surface area contributed by atoms with Gasteiger partial charge in [-0.2, -0.15) is 0 Å². The Morgan fingerprint density at radius 2 is 1.88 bits per heavy atom. The van der Waals surface area contributed by atoms with Crippen LogP contribution in [0.4, 0.5) is 0 Å². The Bertz CT molecular complexity index is 711. The molecular weight excluding hydrogens is 298 g/mol. The summed E-state index contributed by atoms with van der Waals surface area (Å²) in [6.45, 7) is 1.94. The minimum absolute atomic E-state index is 0.127. The van der Waals surface area contributed by atoms with E-state index in [9.17, 15) is 0 Å². The fraction of sp³-hybridized carbons (Fsp3) is 0.600. The number of rotatable bonds is 2. The number of nitrogens with zero attached hydrogens (tertiary/aromatic N) is 3. The first-order valence-electron chi connectivity index (χ1n) is 9.47. The second-order valence-corrected chi connectivity index (χ2v) is 7.79. The van der Waals surface area contributed by atoms with Gasteiger partial charge in [-0.25, -0.2) is 0 Å². The quantitative estimate of drug-likeness (QED) is 0.842. The van der Waals surface area contributed by atoms with E-state index in [0.717, 1.165) is 37.8 Å². The standard InChI is InChI=1S/C20H25N3O/c1-2-7-16(8-3-1)19-17(9-10-24-19)20-22-21-18-12-14-5-4-6-15(11-14)13-23(18)20/h1-3,7-8,14-15,17,19H,4-6,9-13H2/t14?,15?,17-,19+/m0/s1. The Morgan fingerprint density at radius 3 is 2.79 bits per heavy atom. The smallest absolute Gasteiger partial charge is 0.139 e. The highest BCUT2D eigenvalue weighted by atomic mass is 16.5. The van der Waals surface area contributed by atoms with E-state index in [1.54, 1.807) is 0 Å². The molecule has 4 heteroatoms. The molecule has 5 rings (SSSR count). The lowest BCUT2D eigenvalue weighted by Crippen LogP contribution is -2.19. The number of hydrogen-bond acceptors (Lipinski definition) is 3. The fourth-order valence-corrected chi connectivity index (χ4v) is 5.07. The molecular formula is C20H25N3O. The van der Waals surface area contributed by atoms with Crippen LogP contribution in [0.25, 0.3) is 0 Å². The number of benzene rings is 1. The van der Waals surface area contributed by atoms with Gasteiger partial charge in [-0.15, -0.1) is 10.2 Å². The molecule has 3 heterocycles. The van der Waals surface area contributed by atoms with Crippen LogP contribution in [0.1, 0.15) is 61.3 Å². The van der Waals surface area contributed by atoms with E-state index in [1.807, 2.05) is 0 Å². The van der Waals surface area contributed by atoms with Crippen molar-refractivity contribution in [2.45, 2.75) is 57.1 Å². The molecule has 1 saturated heterocycles. The molecule has 2 aliphatic heterocycles. The summed E-state index contributed by atoms with van der Waals surface area (Å²) < 4.78 is 8.57. The van der Waals surface area contributed by atoms with Crippen molar-refractivity contribution in [2.24, 2.45) is 11.8 Å². The van der Waals surface area contributed by atoms with E-state index in [0.29, 0.717) is 5.92 Å². The van der Waals surface area contributed by atoms with Crippen LogP contribution in [0.3, 0.4) is 0 Å². The minimum Gasteiger partial charge on any atom is -0.373 e. The molecule has 1 aliphatic carbocycles. The number of ether oxygens (including phenoxy) is 1. The van der Waals surface area contributed by atoms with Crippen molar-refractivity contribution in [3.8, 4) is 0 Å². The summed E-state index contributed by atoms with van der Waals surface area (Å²) in [5.74, 6) is 4.37. The van der Waals surface area contributed by atoms with Gasteiger partial charge in [-0.3, -0.25) is 0 Å². The van der Waals surface area contributed by atoms with Crippen molar-refractivity contribution >= 4 is 0 Å². The van der Waals surface area contributed by atoms with Gasteiger partial charge in [0.1, 0.15) is 11.6 Å². The Balaban J connectivity index is 1.49. The largest absolute Gasteiger partial charge is 0.373 e. The normalized spacial score (nSPS) is 32.3.